The average Bonchev–Trinajstić information content (AvgIpc) is 3.16. The fraction of sp³-hybridized carbons (Fsp3) is 0.423. The monoisotopic (exact) mass is 464 g/mol. The highest BCUT2D eigenvalue weighted by Gasteiger charge is 2.39. The molecule has 1 unspecified atom stereocenters. The van der Waals surface area contributed by atoms with Gasteiger partial charge in [0.25, 0.3) is 5.91 Å². The normalized spacial score (nSPS) is 21.4. The molecule has 2 aromatic rings. The zero-order valence-corrected chi connectivity index (χ0v) is 19.4. The van der Waals surface area contributed by atoms with Crippen molar-refractivity contribution in [1.82, 2.24) is 9.80 Å². The highest BCUT2D eigenvalue weighted by atomic mass is 32.2. The van der Waals surface area contributed by atoms with Gasteiger partial charge in [-0.1, -0.05) is 30.3 Å². The molecule has 172 valence electrons. The van der Waals surface area contributed by atoms with Crippen molar-refractivity contribution in [2.75, 3.05) is 24.6 Å². The van der Waals surface area contributed by atoms with E-state index in [1.54, 1.807) is 11.0 Å². The van der Waals surface area contributed by atoms with Crippen LogP contribution in [-0.4, -0.2) is 57.9 Å². The molecule has 0 spiro atoms. The molecule has 7 heteroatoms. The lowest BCUT2D eigenvalue weighted by Crippen LogP contribution is -2.44. The van der Waals surface area contributed by atoms with Gasteiger partial charge in [-0.05, 0) is 29.7 Å². The lowest BCUT2D eigenvalue weighted by Gasteiger charge is -2.29. The van der Waals surface area contributed by atoms with Crippen molar-refractivity contribution in [3.63, 3.8) is 0 Å². The Balaban J connectivity index is 1.23. The van der Waals surface area contributed by atoms with Crippen molar-refractivity contribution < 1.29 is 19.1 Å². The van der Waals surface area contributed by atoms with Crippen LogP contribution in [0.3, 0.4) is 0 Å². The molecule has 1 amide bonds. The molecule has 0 aromatic heterocycles. The minimum absolute atomic E-state index is 0.0367. The molecule has 1 saturated carbocycles. The van der Waals surface area contributed by atoms with Crippen LogP contribution in [0.2, 0.25) is 0 Å². The quantitative estimate of drug-likeness (QED) is 0.610. The van der Waals surface area contributed by atoms with Gasteiger partial charge in [0, 0.05) is 48.7 Å². The molecule has 2 fully saturated rings. The van der Waals surface area contributed by atoms with Crippen LogP contribution < -0.4 is 4.74 Å². The zero-order chi connectivity index (χ0) is 22.8. The lowest BCUT2D eigenvalue weighted by atomic mass is 9.92. The molecule has 2 aliphatic heterocycles. The fourth-order valence-electron chi connectivity index (χ4n) is 4.82. The van der Waals surface area contributed by atoms with Gasteiger partial charge in [0.1, 0.15) is 18.1 Å². The number of amides is 1. The summed E-state index contributed by atoms with van der Waals surface area (Å²) in [6.07, 6.45) is 0.698. The molecule has 3 aliphatic rings. The molecule has 1 saturated heterocycles. The molecule has 33 heavy (non-hydrogen) atoms. The van der Waals surface area contributed by atoms with Crippen molar-refractivity contribution in [2.45, 2.75) is 45.0 Å². The first kappa shape index (κ1) is 22.2. The van der Waals surface area contributed by atoms with E-state index >= 15 is 0 Å². The Bertz CT molecular complexity index is 1060. The van der Waals surface area contributed by atoms with Crippen molar-refractivity contribution in [3.8, 4) is 5.75 Å². The van der Waals surface area contributed by atoms with E-state index < -0.39 is 6.04 Å². The predicted molar refractivity (Wildman–Crippen MR) is 127 cm³/mol. The minimum Gasteiger partial charge on any atom is -0.489 e. The van der Waals surface area contributed by atoms with E-state index in [-0.39, 0.29) is 23.9 Å². The second-order valence-electron chi connectivity index (χ2n) is 8.95. The summed E-state index contributed by atoms with van der Waals surface area (Å²) in [6.45, 7) is 4.04. The van der Waals surface area contributed by atoms with E-state index in [1.165, 1.54) is 17.1 Å². The van der Waals surface area contributed by atoms with Gasteiger partial charge in [0.05, 0.1) is 19.0 Å². The van der Waals surface area contributed by atoms with Crippen LogP contribution in [0.4, 0.5) is 0 Å². The summed E-state index contributed by atoms with van der Waals surface area (Å²) in [5.74, 6) is 2.76. The number of thioether (sulfide) groups is 1. The summed E-state index contributed by atoms with van der Waals surface area (Å²) in [4.78, 5) is 41.0. The second kappa shape index (κ2) is 9.69. The number of ketones is 2. The van der Waals surface area contributed by atoms with E-state index in [0.717, 1.165) is 30.8 Å². The van der Waals surface area contributed by atoms with Crippen LogP contribution in [0.5, 0.6) is 5.75 Å². The number of carbonyl (C=O) groups is 3. The molecule has 1 atom stereocenters. The molecule has 2 heterocycles. The molecule has 0 bridgehead atoms. The minimum atomic E-state index is -0.513. The molecule has 5 rings (SSSR count). The van der Waals surface area contributed by atoms with Crippen LogP contribution in [-0.2, 0) is 29.3 Å². The maximum absolute atomic E-state index is 13.0. The number of rotatable bonds is 6. The molecule has 6 nitrogen and oxygen atoms in total. The number of hydrogen-bond donors (Lipinski definition) is 0. The van der Waals surface area contributed by atoms with Gasteiger partial charge in [-0.25, -0.2) is 0 Å². The van der Waals surface area contributed by atoms with Crippen LogP contribution in [0.25, 0.3) is 0 Å². The Morgan fingerprint density at radius 3 is 2.48 bits per heavy atom. The third-order valence-corrected chi connectivity index (χ3v) is 7.64. The van der Waals surface area contributed by atoms with E-state index in [1.807, 2.05) is 23.9 Å². The number of carbonyl (C=O) groups excluding carboxylic acids is 3. The van der Waals surface area contributed by atoms with Gasteiger partial charge < -0.3 is 9.64 Å². The summed E-state index contributed by atoms with van der Waals surface area (Å²) < 4.78 is 6.12. The van der Waals surface area contributed by atoms with E-state index in [0.29, 0.717) is 37.3 Å². The Morgan fingerprint density at radius 2 is 1.73 bits per heavy atom. The molecule has 2 aromatic carbocycles. The highest BCUT2D eigenvalue weighted by Crippen LogP contribution is 2.34. The molecular weight excluding hydrogens is 436 g/mol. The topological polar surface area (TPSA) is 66.9 Å². The van der Waals surface area contributed by atoms with Crippen molar-refractivity contribution in [2.24, 2.45) is 0 Å². The zero-order valence-electron chi connectivity index (χ0n) is 18.6. The van der Waals surface area contributed by atoms with Crippen LogP contribution in [0, 0.1) is 0 Å². The van der Waals surface area contributed by atoms with Crippen molar-refractivity contribution in [1.29, 1.82) is 0 Å². The fourth-order valence-corrected chi connectivity index (χ4v) is 5.80. The van der Waals surface area contributed by atoms with E-state index in [9.17, 15) is 14.4 Å². The van der Waals surface area contributed by atoms with Gasteiger partial charge >= 0.3 is 0 Å². The first-order valence-electron chi connectivity index (χ1n) is 11.6. The Labute approximate surface area is 198 Å². The smallest absolute Gasteiger partial charge is 0.255 e. The first-order valence-corrected chi connectivity index (χ1v) is 12.7. The molecule has 1 aliphatic carbocycles. The number of Topliss-reactive ketones (excluding diaryl/α,β-unsaturated/α-hetero) is 2. The number of benzene rings is 2. The summed E-state index contributed by atoms with van der Waals surface area (Å²) >= 11 is 2.02. The first-order chi connectivity index (χ1) is 16.1. The lowest BCUT2D eigenvalue weighted by molar-refractivity contribution is -0.133. The number of ether oxygens (including phenoxy) is 1. The predicted octanol–water partition coefficient (Wildman–Crippen LogP) is 3.46. The van der Waals surface area contributed by atoms with Gasteiger partial charge in [-0.2, -0.15) is 11.8 Å². The number of nitrogens with zero attached hydrogens (tertiary/aromatic N) is 2. The van der Waals surface area contributed by atoms with E-state index in [2.05, 4.69) is 29.2 Å². The van der Waals surface area contributed by atoms with Gasteiger partial charge in [-0.3, -0.25) is 19.3 Å². The Kier molecular flexibility index (Phi) is 6.51. The third kappa shape index (κ3) is 4.84. The third-order valence-electron chi connectivity index (χ3n) is 6.70. The highest BCUT2D eigenvalue weighted by molar-refractivity contribution is 7.99. The standard InChI is InChI=1S/C26H28N2O4S/c29-20-8-9-23(24(30)14-20)28-16-22-21(26(28)31)2-1-3-25(22)32-17-19-6-4-18(5-7-19)15-27-10-12-33-13-11-27/h1-7,23H,8-17H2. The maximum Gasteiger partial charge on any atom is 0.255 e. The number of hydrogen-bond acceptors (Lipinski definition) is 6. The molecular formula is C26H28N2O4S. The summed E-state index contributed by atoms with van der Waals surface area (Å²) in [5, 5.41) is 0. The largest absolute Gasteiger partial charge is 0.489 e. The van der Waals surface area contributed by atoms with Crippen LogP contribution in [0.15, 0.2) is 42.5 Å². The maximum atomic E-state index is 13.0. The van der Waals surface area contributed by atoms with Crippen LogP contribution in [0.1, 0.15) is 46.3 Å². The average molecular weight is 465 g/mol. The summed E-state index contributed by atoms with van der Waals surface area (Å²) in [5.41, 5.74) is 3.80. The van der Waals surface area contributed by atoms with Gasteiger partial charge in [-0.15, -0.1) is 0 Å². The summed E-state index contributed by atoms with van der Waals surface area (Å²) in [7, 11) is 0. The molecule has 0 radical (unpaired) electrons. The van der Waals surface area contributed by atoms with Gasteiger partial charge in [0.2, 0.25) is 0 Å². The van der Waals surface area contributed by atoms with Crippen molar-refractivity contribution in [3.05, 3.63) is 64.7 Å². The second-order valence-corrected chi connectivity index (χ2v) is 10.2. The number of fused-ring (bicyclic) bond motifs is 1. The Morgan fingerprint density at radius 1 is 0.970 bits per heavy atom. The van der Waals surface area contributed by atoms with Crippen molar-refractivity contribution >= 4 is 29.2 Å². The SMILES string of the molecule is O=C1CCC(N2Cc3c(OCc4ccc(CN5CCSCC5)cc4)cccc3C2=O)C(=O)C1. The van der Waals surface area contributed by atoms with Gasteiger partial charge in [0.15, 0.2) is 5.78 Å². The Hall–Kier alpha value is -2.64. The van der Waals surface area contributed by atoms with E-state index in [4.69, 9.17) is 4.74 Å². The summed E-state index contributed by atoms with van der Waals surface area (Å²) in [6, 6.07) is 13.5. The molecule has 0 N–H and O–H groups in total. The van der Waals surface area contributed by atoms with Crippen LogP contribution >= 0.6 is 11.8 Å².